The lowest BCUT2D eigenvalue weighted by Crippen LogP contribution is -2.34. The predicted octanol–water partition coefficient (Wildman–Crippen LogP) is 3.82. The molecule has 0 aliphatic heterocycles. The number of carbonyl (C=O) groups is 1. The first-order valence-electron chi connectivity index (χ1n) is 6.60. The van der Waals surface area contributed by atoms with Crippen LogP contribution in [0.2, 0.25) is 5.02 Å². The summed E-state index contributed by atoms with van der Waals surface area (Å²) in [6.07, 6.45) is 0. The van der Waals surface area contributed by atoms with Gasteiger partial charge in [0.1, 0.15) is 10.8 Å². The molecule has 0 bridgehead atoms. The average Bonchev–Trinajstić information content (AvgIpc) is 2.50. The van der Waals surface area contributed by atoms with Crippen LogP contribution in [0.25, 0.3) is 0 Å². The van der Waals surface area contributed by atoms with Crippen LogP contribution in [0.1, 0.15) is 15.9 Å². The van der Waals surface area contributed by atoms with Crippen molar-refractivity contribution in [2.75, 3.05) is 5.32 Å². The first kappa shape index (κ1) is 17.8. The lowest BCUT2D eigenvalue weighted by Gasteiger charge is -2.12. The van der Waals surface area contributed by atoms with Crippen molar-refractivity contribution >= 4 is 46.2 Å². The number of aryl methyl sites for hydroxylation is 1. The Kier molecular flexibility index (Phi) is 5.42. The molecular weight excluding hydrogens is 357 g/mol. The molecule has 0 saturated heterocycles. The second kappa shape index (κ2) is 7.33. The zero-order chi connectivity index (χ0) is 17.9. The maximum absolute atomic E-state index is 13.1. The number of nitro benzene ring substituents is 1. The monoisotopic (exact) mass is 367 g/mol. The standard InChI is InChI=1S/C15H11ClFN3O3S/c1-8-5-13(20(22)23)11(16)7-12(8)18-15(24)19-14(21)9-3-2-4-10(17)6-9/h2-7H,1H3,(H2,18,19,21,24). The van der Waals surface area contributed by atoms with E-state index in [1.54, 1.807) is 6.92 Å². The lowest BCUT2D eigenvalue weighted by atomic mass is 10.2. The number of rotatable bonds is 3. The summed E-state index contributed by atoms with van der Waals surface area (Å²) in [6.45, 7) is 1.63. The summed E-state index contributed by atoms with van der Waals surface area (Å²) < 4.78 is 13.1. The molecule has 0 aliphatic rings. The smallest absolute Gasteiger partial charge is 0.288 e. The summed E-state index contributed by atoms with van der Waals surface area (Å²) in [7, 11) is 0. The molecule has 2 N–H and O–H groups in total. The van der Waals surface area contributed by atoms with Gasteiger partial charge in [-0.05, 0) is 49.0 Å². The number of nitro groups is 1. The molecule has 0 saturated carbocycles. The van der Waals surface area contributed by atoms with Crippen LogP contribution >= 0.6 is 23.8 Å². The molecule has 0 heterocycles. The minimum Gasteiger partial charge on any atom is -0.332 e. The van der Waals surface area contributed by atoms with E-state index in [4.69, 9.17) is 23.8 Å². The van der Waals surface area contributed by atoms with E-state index in [0.717, 1.165) is 6.07 Å². The summed E-state index contributed by atoms with van der Waals surface area (Å²) in [4.78, 5) is 22.2. The molecule has 2 aromatic carbocycles. The Balaban J connectivity index is 2.11. The number of anilines is 1. The van der Waals surface area contributed by atoms with Crippen molar-refractivity contribution in [3.8, 4) is 0 Å². The van der Waals surface area contributed by atoms with E-state index in [1.807, 2.05) is 0 Å². The Bertz CT molecular complexity index is 845. The van der Waals surface area contributed by atoms with Gasteiger partial charge in [0.05, 0.1) is 4.92 Å². The van der Waals surface area contributed by atoms with Gasteiger partial charge in [0.15, 0.2) is 5.11 Å². The topological polar surface area (TPSA) is 84.3 Å². The first-order valence-corrected chi connectivity index (χ1v) is 7.39. The van der Waals surface area contributed by atoms with Crippen LogP contribution in [-0.2, 0) is 0 Å². The van der Waals surface area contributed by atoms with E-state index >= 15 is 0 Å². The number of hydrogen-bond acceptors (Lipinski definition) is 4. The third kappa shape index (κ3) is 4.24. The molecule has 0 aromatic heterocycles. The second-order valence-electron chi connectivity index (χ2n) is 4.79. The average molecular weight is 368 g/mol. The van der Waals surface area contributed by atoms with Crippen molar-refractivity contribution in [1.29, 1.82) is 0 Å². The number of halogens is 2. The molecule has 124 valence electrons. The van der Waals surface area contributed by atoms with Crippen molar-refractivity contribution < 1.29 is 14.1 Å². The summed E-state index contributed by atoms with van der Waals surface area (Å²) in [6, 6.07) is 7.77. The normalized spacial score (nSPS) is 10.1. The third-order valence-electron chi connectivity index (χ3n) is 3.05. The Morgan fingerprint density at radius 2 is 2.04 bits per heavy atom. The Morgan fingerprint density at radius 1 is 1.33 bits per heavy atom. The number of nitrogens with one attached hydrogen (secondary N) is 2. The molecule has 0 atom stereocenters. The zero-order valence-corrected chi connectivity index (χ0v) is 13.9. The van der Waals surface area contributed by atoms with Gasteiger partial charge in [0.2, 0.25) is 0 Å². The van der Waals surface area contributed by atoms with Crippen LogP contribution < -0.4 is 10.6 Å². The predicted molar refractivity (Wildman–Crippen MR) is 92.9 cm³/mol. The van der Waals surface area contributed by atoms with E-state index < -0.39 is 16.6 Å². The molecule has 1 amide bonds. The summed E-state index contributed by atoms with van der Waals surface area (Å²) in [5.74, 6) is -1.13. The van der Waals surface area contributed by atoms with Crippen molar-refractivity contribution in [3.63, 3.8) is 0 Å². The number of nitrogens with zero attached hydrogens (tertiary/aromatic N) is 1. The molecule has 2 aromatic rings. The lowest BCUT2D eigenvalue weighted by molar-refractivity contribution is -0.384. The number of hydrogen-bond donors (Lipinski definition) is 2. The SMILES string of the molecule is Cc1cc([N+](=O)[O-])c(Cl)cc1NC(=S)NC(=O)c1cccc(F)c1. The highest BCUT2D eigenvalue weighted by Gasteiger charge is 2.16. The van der Waals surface area contributed by atoms with Crippen LogP contribution in [0.3, 0.4) is 0 Å². The largest absolute Gasteiger partial charge is 0.332 e. The summed E-state index contributed by atoms with van der Waals surface area (Å²) in [5, 5.41) is 15.8. The van der Waals surface area contributed by atoms with E-state index in [0.29, 0.717) is 11.3 Å². The van der Waals surface area contributed by atoms with Gasteiger partial charge in [-0.1, -0.05) is 17.7 Å². The van der Waals surface area contributed by atoms with Gasteiger partial charge in [-0.25, -0.2) is 4.39 Å². The van der Waals surface area contributed by atoms with E-state index in [2.05, 4.69) is 10.6 Å². The molecule has 0 unspecified atom stereocenters. The molecule has 0 fully saturated rings. The van der Waals surface area contributed by atoms with Gasteiger partial charge in [0.25, 0.3) is 11.6 Å². The van der Waals surface area contributed by atoms with Crippen LogP contribution in [0.15, 0.2) is 36.4 Å². The van der Waals surface area contributed by atoms with E-state index in [-0.39, 0.29) is 21.4 Å². The fraction of sp³-hybridized carbons (Fsp3) is 0.0667. The number of benzene rings is 2. The molecule has 0 aliphatic carbocycles. The van der Waals surface area contributed by atoms with Crippen molar-refractivity contribution in [3.05, 3.63) is 68.5 Å². The highest BCUT2D eigenvalue weighted by atomic mass is 35.5. The molecule has 9 heteroatoms. The molecule has 0 spiro atoms. The van der Waals surface area contributed by atoms with Gasteiger partial charge in [-0.2, -0.15) is 0 Å². The quantitative estimate of drug-likeness (QED) is 0.489. The fourth-order valence-electron chi connectivity index (χ4n) is 1.90. The Labute approximate surface area is 146 Å². The van der Waals surface area contributed by atoms with Crippen molar-refractivity contribution in [1.82, 2.24) is 5.32 Å². The van der Waals surface area contributed by atoms with Gasteiger partial charge < -0.3 is 5.32 Å². The highest BCUT2D eigenvalue weighted by Crippen LogP contribution is 2.30. The minimum atomic E-state index is -0.594. The van der Waals surface area contributed by atoms with Crippen molar-refractivity contribution in [2.45, 2.75) is 6.92 Å². The number of carbonyl (C=O) groups excluding carboxylic acids is 1. The van der Waals surface area contributed by atoms with Crippen LogP contribution in [0, 0.1) is 22.9 Å². The number of thiocarbonyl (C=S) groups is 1. The van der Waals surface area contributed by atoms with Crippen molar-refractivity contribution in [2.24, 2.45) is 0 Å². The maximum atomic E-state index is 13.1. The number of amides is 1. The zero-order valence-electron chi connectivity index (χ0n) is 12.3. The highest BCUT2D eigenvalue weighted by molar-refractivity contribution is 7.80. The Morgan fingerprint density at radius 3 is 2.67 bits per heavy atom. The summed E-state index contributed by atoms with van der Waals surface area (Å²) >= 11 is 10.9. The van der Waals surface area contributed by atoms with Gasteiger partial charge in [-0.3, -0.25) is 20.2 Å². The van der Waals surface area contributed by atoms with E-state index in [1.165, 1.54) is 30.3 Å². The minimum absolute atomic E-state index is 0.0442. The van der Waals surface area contributed by atoms with Gasteiger partial charge >= 0.3 is 0 Å². The maximum Gasteiger partial charge on any atom is 0.288 e. The summed E-state index contributed by atoms with van der Waals surface area (Å²) in [5.41, 5.74) is 0.815. The van der Waals surface area contributed by atoms with Crippen LogP contribution in [0.5, 0.6) is 0 Å². The third-order valence-corrected chi connectivity index (χ3v) is 3.56. The molecule has 6 nitrogen and oxygen atoms in total. The molecule has 2 rings (SSSR count). The molecule has 24 heavy (non-hydrogen) atoms. The van der Waals surface area contributed by atoms with Crippen LogP contribution in [-0.4, -0.2) is 15.9 Å². The second-order valence-corrected chi connectivity index (χ2v) is 5.61. The molecule has 0 radical (unpaired) electrons. The Hall–Kier alpha value is -2.58. The molecular formula is C15H11ClFN3O3S. The van der Waals surface area contributed by atoms with Crippen LogP contribution in [0.4, 0.5) is 15.8 Å². The van der Waals surface area contributed by atoms with Gasteiger partial charge in [0, 0.05) is 17.3 Å². The van der Waals surface area contributed by atoms with E-state index in [9.17, 15) is 19.3 Å². The first-order chi connectivity index (χ1) is 11.3. The van der Waals surface area contributed by atoms with Gasteiger partial charge in [-0.15, -0.1) is 0 Å². The fourth-order valence-corrected chi connectivity index (χ4v) is 2.33.